The number of esters is 1. The van der Waals surface area contributed by atoms with Crippen molar-refractivity contribution >= 4 is 17.6 Å². The summed E-state index contributed by atoms with van der Waals surface area (Å²) in [7, 11) is 1.40. The number of methoxy groups -OCH3 is 1. The van der Waals surface area contributed by atoms with Gasteiger partial charge < -0.3 is 19.7 Å². The van der Waals surface area contributed by atoms with Gasteiger partial charge in [-0.2, -0.15) is 0 Å². The predicted octanol–water partition coefficient (Wildman–Crippen LogP) is 3.72. The number of alkyl halides is 1. The molecule has 0 unspecified atom stereocenters. The third-order valence-corrected chi connectivity index (χ3v) is 5.77. The maximum absolute atomic E-state index is 11.1. The van der Waals surface area contributed by atoms with Crippen LogP contribution in [-0.4, -0.2) is 47.5 Å². The van der Waals surface area contributed by atoms with Gasteiger partial charge in [0.2, 0.25) is 0 Å². The van der Waals surface area contributed by atoms with Gasteiger partial charge in [0, 0.05) is 37.0 Å². The van der Waals surface area contributed by atoms with Crippen LogP contribution in [0.4, 0.5) is 0 Å². The predicted molar refractivity (Wildman–Crippen MR) is 105 cm³/mol. The van der Waals surface area contributed by atoms with Crippen molar-refractivity contribution in [3.63, 3.8) is 0 Å². The first-order valence-electron chi connectivity index (χ1n) is 10.1. The molecule has 0 aromatic heterocycles. The van der Waals surface area contributed by atoms with Crippen molar-refractivity contribution in [3.8, 4) is 0 Å². The normalized spacial score (nSPS) is 29.9. The van der Waals surface area contributed by atoms with Crippen LogP contribution < -0.4 is 0 Å². The minimum atomic E-state index is -0.470. The lowest BCUT2D eigenvalue weighted by atomic mass is 9.90. The largest absolute Gasteiger partial charge is 0.495 e. The summed E-state index contributed by atoms with van der Waals surface area (Å²) < 4.78 is 10.6. The van der Waals surface area contributed by atoms with E-state index < -0.39 is 12.2 Å². The van der Waals surface area contributed by atoms with Crippen molar-refractivity contribution in [1.82, 2.24) is 0 Å². The highest BCUT2D eigenvalue weighted by Gasteiger charge is 2.46. The van der Waals surface area contributed by atoms with Crippen LogP contribution >= 0.6 is 11.6 Å². The standard InChI is InChI=1S/C21H33ClO5/c1-26-21(25)9-5-4-8-16-13-18-17(19(24)14-20(18)27-16)11-10-15(23)7-3-2-6-12-22/h8,10-11,15,17-20,23-24H,2-7,9,12-14H2,1H3/t15-,17+,18+,19+,20+/m0/s1. The Morgan fingerprint density at radius 3 is 2.93 bits per heavy atom. The maximum Gasteiger partial charge on any atom is 0.305 e. The van der Waals surface area contributed by atoms with Crippen molar-refractivity contribution in [2.45, 2.75) is 76.1 Å². The Kier molecular flexibility index (Phi) is 9.66. The number of unbranched alkanes of at least 4 members (excludes halogenated alkanes) is 3. The van der Waals surface area contributed by atoms with Crippen LogP contribution in [0.1, 0.15) is 57.8 Å². The molecule has 0 amide bonds. The van der Waals surface area contributed by atoms with Crippen LogP contribution in [0.3, 0.4) is 0 Å². The highest BCUT2D eigenvalue weighted by Crippen LogP contribution is 2.45. The molecule has 154 valence electrons. The lowest BCUT2D eigenvalue weighted by Gasteiger charge is -2.16. The van der Waals surface area contributed by atoms with Gasteiger partial charge in [-0.25, -0.2) is 0 Å². The monoisotopic (exact) mass is 400 g/mol. The molecule has 2 aliphatic rings. The maximum atomic E-state index is 11.1. The molecular weight excluding hydrogens is 368 g/mol. The Morgan fingerprint density at radius 1 is 1.37 bits per heavy atom. The molecular formula is C21H33ClO5. The van der Waals surface area contributed by atoms with E-state index in [2.05, 4.69) is 10.8 Å². The molecule has 2 fully saturated rings. The molecule has 5 atom stereocenters. The zero-order valence-corrected chi connectivity index (χ0v) is 16.9. The molecule has 0 bridgehead atoms. The van der Waals surface area contributed by atoms with Gasteiger partial charge in [-0.1, -0.05) is 25.0 Å². The minimum absolute atomic E-state index is 0.0217. The molecule has 6 heteroatoms. The first-order valence-corrected chi connectivity index (χ1v) is 10.6. The molecule has 0 aromatic carbocycles. The lowest BCUT2D eigenvalue weighted by molar-refractivity contribution is -0.140. The fourth-order valence-corrected chi connectivity index (χ4v) is 4.16. The average Bonchev–Trinajstić information content (AvgIpc) is 3.16. The van der Waals surface area contributed by atoms with E-state index in [-0.39, 0.29) is 23.9 Å². The van der Waals surface area contributed by atoms with Crippen LogP contribution in [0.5, 0.6) is 0 Å². The van der Waals surface area contributed by atoms with E-state index in [0.717, 1.165) is 50.7 Å². The molecule has 0 spiro atoms. The second kappa shape index (κ2) is 11.7. The number of rotatable bonds is 11. The van der Waals surface area contributed by atoms with Crippen LogP contribution in [-0.2, 0) is 14.3 Å². The SMILES string of the molecule is COC(=O)CCCC=C1C[C@@H]2[C@@H](C=C[C@@H](O)CCCCCCl)[C@H](O)C[C@H]2O1. The third-order valence-electron chi connectivity index (χ3n) is 5.50. The first kappa shape index (κ1) is 22.3. The zero-order valence-electron chi connectivity index (χ0n) is 16.2. The lowest BCUT2D eigenvalue weighted by Crippen LogP contribution is -2.18. The number of aliphatic hydroxyl groups is 2. The van der Waals surface area contributed by atoms with Gasteiger partial charge in [0.05, 0.1) is 25.1 Å². The Balaban J connectivity index is 1.78. The molecule has 0 radical (unpaired) electrons. The highest BCUT2D eigenvalue weighted by atomic mass is 35.5. The molecule has 1 saturated heterocycles. The average molecular weight is 401 g/mol. The van der Waals surface area contributed by atoms with E-state index in [0.29, 0.717) is 18.7 Å². The second-order valence-electron chi connectivity index (χ2n) is 7.53. The number of aliphatic hydroxyl groups excluding tert-OH is 2. The quantitative estimate of drug-likeness (QED) is 0.239. The van der Waals surface area contributed by atoms with Gasteiger partial charge in [-0.3, -0.25) is 4.79 Å². The topological polar surface area (TPSA) is 76.0 Å². The van der Waals surface area contributed by atoms with Gasteiger partial charge in [-0.15, -0.1) is 11.6 Å². The number of hydrogen-bond donors (Lipinski definition) is 2. The van der Waals surface area contributed by atoms with Gasteiger partial charge in [0.25, 0.3) is 0 Å². The Bertz CT molecular complexity index is 519. The number of ether oxygens (including phenoxy) is 2. The van der Waals surface area contributed by atoms with Gasteiger partial charge in [-0.05, 0) is 31.8 Å². The van der Waals surface area contributed by atoms with Crippen LogP contribution in [0, 0.1) is 11.8 Å². The van der Waals surface area contributed by atoms with Crippen molar-refractivity contribution in [2.24, 2.45) is 11.8 Å². The Labute approximate surface area is 167 Å². The molecule has 1 aliphatic carbocycles. The van der Waals surface area contributed by atoms with Crippen LogP contribution in [0.15, 0.2) is 24.0 Å². The molecule has 1 heterocycles. The van der Waals surface area contributed by atoms with Crippen LogP contribution in [0.2, 0.25) is 0 Å². The Morgan fingerprint density at radius 2 is 2.19 bits per heavy atom. The van der Waals surface area contributed by atoms with Gasteiger partial charge >= 0.3 is 5.97 Å². The summed E-state index contributed by atoms with van der Waals surface area (Å²) in [5.41, 5.74) is 0. The smallest absolute Gasteiger partial charge is 0.305 e. The van der Waals surface area contributed by atoms with Gasteiger partial charge in [0.15, 0.2) is 0 Å². The fraction of sp³-hybridized carbons (Fsp3) is 0.762. The number of hydrogen-bond acceptors (Lipinski definition) is 5. The van der Waals surface area contributed by atoms with Gasteiger partial charge in [0.1, 0.15) is 6.10 Å². The van der Waals surface area contributed by atoms with E-state index in [1.807, 2.05) is 12.2 Å². The van der Waals surface area contributed by atoms with E-state index in [1.54, 1.807) is 0 Å². The van der Waals surface area contributed by atoms with Crippen molar-refractivity contribution in [3.05, 3.63) is 24.0 Å². The summed E-state index contributed by atoms with van der Waals surface area (Å²) in [5, 5.41) is 20.5. The molecule has 1 aliphatic heterocycles. The molecule has 1 saturated carbocycles. The molecule has 5 nitrogen and oxygen atoms in total. The van der Waals surface area contributed by atoms with Crippen molar-refractivity contribution in [2.75, 3.05) is 13.0 Å². The van der Waals surface area contributed by atoms with Crippen molar-refractivity contribution < 1.29 is 24.5 Å². The second-order valence-corrected chi connectivity index (χ2v) is 7.91. The summed E-state index contributed by atoms with van der Waals surface area (Å²) >= 11 is 5.66. The number of halogens is 1. The minimum Gasteiger partial charge on any atom is -0.495 e. The summed E-state index contributed by atoms with van der Waals surface area (Å²) in [6.45, 7) is 0. The summed E-state index contributed by atoms with van der Waals surface area (Å²) in [5.74, 6) is 1.72. The fourth-order valence-electron chi connectivity index (χ4n) is 3.97. The molecule has 0 aromatic rings. The highest BCUT2D eigenvalue weighted by molar-refractivity contribution is 6.17. The number of carbonyl (C=O) groups is 1. The van der Waals surface area contributed by atoms with E-state index in [4.69, 9.17) is 16.3 Å². The molecule has 2 rings (SSSR count). The summed E-state index contributed by atoms with van der Waals surface area (Å²) in [6.07, 6.45) is 12.1. The number of carbonyl (C=O) groups excluding carboxylic acids is 1. The first-order chi connectivity index (χ1) is 13.0. The van der Waals surface area contributed by atoms with Crippen molar-refractivity contribution in [1.29, 1.82) is 0 Å². The van der Waals surface area contributed by atoms with E-state index in [9.17, 15) is 15.0 Å². The Hall–Kier alpha value is -1.04. The number of fused-ring (bicyclic) bond motifs is 1. The van der Waals surface area contributed by atoms with E-state index >= 15 is 0 Å². The molecule has 2 N–H and O–H groups in total. The number of allylic oxidation sites excluding steroid dienone is 2. The summed E-state index contributed by atoms with van der Waals surface area (Å²) in [4.78, 5) is 11.1. The zero-order chi connectivity index (χ0) is 19.6. The molecule has 27 heavy (non-hydrogen) atoms. The third kappa shape index (κ3) is 7.13. The van der Waals surface area contributed by atoms with Crippen LogP contribution in [0.25, 0.3) is 0 Å². The summed E-state index contributed by atoms with van der Waals surface area (Å²) in [6, 6.07) is 0. The van der Waals surface area contributed by atoms with E-state index in [1.165, 1.54) is 7.11 Å².